The Morgan fingerprint density at radius 2 is 2.24 bits per heavy atom. The molecule has 0 aliphatic carbocycles. The fourth-order valence-electron chi connectivity index (χ4n) is 1.87. The molecule has 0 fully saturated rings. The minimum absolute atomic E-state index is 0.524. The van der Waals surface area contributed by atoms with Gasteiger partial charge in [-0.05, 0) is 42.1 Å². The van der Waals surface area contributed by atoms with E-state index in [0.29, 0.717) is 6.04 Å². The molecule has 0 spiro atoms. The van der Waals surface area contributed by atoms with E-state index < -0.39 is 0 Å². The molecular weight excluding hydrogens is 298 g/mol. The summed E-state index contributed by atoms with van der Waals surface area (Å²) in [6.07, 6.45) is 4.36. The van der Waals surface area contributed by atoms with Gasteiger partial charge in [-0.1, -0.05) is 6.92 Å². The summed E-state index contributed by atoms with van der Waals surface area (Å²) >= 11 is 5.52. The van der Waals surface area contributed by atoms with E-state index in [1.54, 1.807) is 0 Å². The summed E-state index contributed by atoms with van der Waals surface area (Å²) in [7, 11) is 2.02. The number of hydrogen-bond donors (Lipinski definition) is 1. The zero-order chi connectivity index (χ0) is 12.8. The van der Waals surface area contributed by atoms with Crippen molar-refractivity contribution in [3.63, 3.8) is 0 Å². The van der Waals surface area contributed by atoms with Gasteiger partial charge < -0.3 is 5.32 Å². The summed E-state index contributed by atoms with van der Waals surface area (Å²) in [5, 5.41) is 8.04. The molecule has 5 heteroatoms. The van der Waals surface area contributed by atoms with Crippen molar-refractivity contribution in [3.8, 4) is 0 Å². The molecule has 0 radical (unpaired) electrons. The predicted molar refractivity (Wildman–Crippen MR) is 79.8 cm³/mol. The van der Waals surface area contributed by atoms with Gasteiger partial charge in [0.2, 0.25) is 0 Å². The number of rotatable bonds is 7. The summed E-state index contributed by atoms with van der Waals surface area (Å²) in [5.41, 5.74) is 2.35. The topological polar surface area (TPSA) is 29.9 Å². The van der Waals surface area contributed by atoms with Crippen LogP contribution in [0, 0.1) is 6.92 Å². The molecule has 0 aliphatic rings. The van der Waals surface area contributed by atoms with Crippen LogP contribution < -0.4 is 5.32 Å². The Labute approximate surface area is 117 Å². The van der Waals surface area contributed by atoms with Crippen molar-refractivity contribution in [1.82, 2.24) is 15.1 Å². The normalized spacial score (nSPS) is 13.0. The van der Waals surface area contributed by atoms with E-state index in [9.17, 15) is 0 Å². The molecule has 0 saturated heterocycles. The molecule has 0 saturated carbocycles. The quantitative estimate of drug-likeness (QED) is 0.838. The smallest absolute Gasteiger partial charge is 0.0738 e. The second-order valence-corrected chi connectivity index (χ2v) is 5.98. The number of halogens is 1. The van der Waals surface area contributed by atoms with Crippen molar-refractivity contribution in [3.05, 3.63) is 15.9 Å². The summed E-state index contributed by atoms with van der Waals surface area (Å²) in [6.45, 7) is 5.32. The fraction of sp³-hybridized carbons (Fsp3) is 0.750. The van der Waals surface area contributed by atoms with Gasteiger partial charge in [0.25, 0.3) is 0 Å². The van der Waals surface area contributed by atoms with Crippen molar-refractivity contribution >= 4 is 27.7 Å². The van der Waals surface area contributed by atoms with Crippen LogP contribution in [-0.4, -0.2) is 34.4 Å². The Morgan fingerprint density at radius 1 is 1.53 bits per heavy atom. The second kappa shape index (κ2) is 7.44. The first kappa shape index (κ1) is 15.1. The van der Waals surface area contributed by atoms with Crippen LogP contribution in [-0.2, 0) is 13.5 Å². The lowest BCUT2D eigenvalue weighted by Crippen LogP contribution is -2.34. The standard InChI is InChI=1S/C12H22BrN3S/c1-5-6-14-10(8-17-4)7-11-12(13)9(2)15-16(11)3/h10,14H,5-8H2,1-4H3. The lowest BCUT2D eigenvalue weighted by Gasteiger charge is -2.17. The molecule has 1 aromatic rings. The SMILES string of the molecule is CCCNC(CSC)Cc1c(Br)c(C)nn1C. The highest BCUT2D eigenvalue weighted by molar-refractivity contribution is 9.10. The first-order chi connectivity index (χ1) is 8.10. The van der Waals surface area contributed by atoms with Crippen molar-refractivity contribution in [2.75, 3.05) is 18.6 Å². The lowest BCUT2D eigenvalue weighted by atomic mass is 10.1. The zero-order valence-corrected chi connectivity index (χ0v) is 13.5. The molecule has 1 aromatic heterocycles. The fourth-order valence-corrected chi connectivity index (χ4v) is 3.01. The Hall–Kier alpha value is 0. The maximum Gasteiger partial charge on any atom is 0.0738 e. The van der Waals surface area contributed by atoms with E-state index >= 15 is 0 Å². The molecule has 3 nitrogen and oxygen atoms in total. The van der Waals surface area contributed by atoms with Crippen LogP contribution in [0.4, 0.5) is 0 Å². The van der Waals surface area contributed by atoms with Gasteiger partial charge in [-0.15, -0.1) is 0 Å². The summed E-state index contributed by atoms with van der Waals surface area (Å²) in [5.74, 6) is 1.14. The zero-order valence-electron chi connectivity index (χ0n) is 11.1. The third-order valence-electron chi connectivity index (χ3n) is 2.75. The number of nitrogens with zero attached hydrogens (tertiary/aromatic N) is 2. The highest BCUT2D eigenvalue weighted by atomic mass is 79.9. The van der Waals surface area contributed by atoms with E-state index in [4.69, 9.17) is 0 Å². The van der Waals surface area contributed by atoms with Crippen LogP contribution in [0.1, 0.15) is 24.7 Å². The monoisotopic (exact) mass is 319 g/mol. The van der Waals surface area contributed by atoms with Gasteiger partial charge in [0.15, 0.2) is 0 Å². The van der Waals surface area contributed by atoms with Crippen LogP contribution in [0.25, 0.3) is 0 Å². The molecule has 98 valence electrons. The molecule has 0 aromatic carbocycles. The van der Waals surface area contributed by atoms with Crippen molar-refractivity contribution in [1.29, 1.82) is 0 Å². The van der Waals surface area contributed by atoms with Crippen LogP contribution in [0.15, 0.2) is 4.47 Å². The Morgan fingerprint density at radius 3 is 2.71 bits per heavy atom. The van der Waals surface area contributed by atoms with Crippen molar-refractivity contribution in [2.24, 2.45) is 7.05 Å². The maximum absolute atomic E-state index is 4.44. The maximum atomic E-state index is 4.44. The molecule has 0 aliphatic heterocycles. The van der Waals surface area contributed by atoms with Gasteiger partial charge >= 0.3 is 0 Å². The number of aryl methyl sites for hydroxylation is 2. The van der Waals surface area contributed by atoms with Crippen LogP contribution >= 0.6 is 27.7 Å². The lowest BCUT2D eigenvalue weighted by molar-refractivity contribution is 0.531. The summed E-state index contributed by atoms with van der Waals surface area (Å²) in [6, 6.07) is 0.524. The largest absolute Gasteiger partial charge is 0.313 e. The van der Waals surface area contributed by atoms with E-state index in [1.807, 2.05) is 30.4 Å². The molecular formula is C12H22BrN3S. The van der Waals surface area contributed by atoms with E-state index in [2.05, 4.69) is 39.5 Å². The van der Waals surface area contributed by atoms with Gasteiger partial charge in [-0.25, -0.2) is 0 Å². The number of nitrogens with one attached hydrogen (secondary N) is 1. The van der Waals surface area contributed by atoms with Gasteiger partial charge in [-0.2, -0.15) is 16.9 Å². The highest BCUT2D eigenvalue weighted by Crippen LogP contribution is 2.22. The van der Waals surface area contributed by atoms with Crippen LogP contribution in [0.2, 0.25) is 0 Å². The molecule has 1 heterocycles. The van der Waals surface area contributed by atoms with Gasteiger partial charge in [0.05, 0.1) is 15.9 Å². The van der Waals surface area contributed by atoms with Crippen LogP contribution in [0.5, 0.6) is 0 Å². The van der Waals surface area contributed by atoms with Gasteiger partial charge in [0, 0.05) is 25.3 Å². The molecule has 0 amide bonds. The molecule has 1 atom stereocenters. The predicted octanol–water partition coefficient (Wildman–Crippen LogP) is 2.76. The van der Waals surface area contributed by atoms with Gasteiger partial charge in [-0.3, -0.25) is 4.68 Å². The minimum Gasteiger partial charge on any atom is -0.313 e. The third kappa shape index (κ3) is 4.30. The second-order valence-electron chi connectivity index (χ2n) is 4.28. The Bertz CT molecular complexity index is 352. The first-order valence-electron chi connectivity index (χ1n) is 6.00. The Kier molecular flexibility index (Phi) is 6.59. The molecule has 1 unspecified atom stereocenters. The summed E-state index contributed by atoms with van der Waals surface area (Å²) in [4.78, 5) is 0. The molecule has 1 N–H and O–H groups in total. The number of aromatic nitrogens is 2. The first-order valence-corrected chi connectivity index (χ1v) is 8.19. The highest BCUT2D eigenvalue weighted by Gasteiger charge is 2.15. The molecule has 0 bridgehead atoms. The van der Waals surface area contributed by atoms with Crippen molar-refractivity contribution < 1.29 is 0 Å². The molecule has 17 heavy (non-hydrogen) atoms. The molecule has 1 rings (SSSR count). The van der Waals surface area contributed by atoms with E-state index in [-0.39, 0.29) is 0 Å². The van der Waals surface area contributed by atoms with Gasteiger partial charge in [0.1, 0.15) is 0 Å². The average molecular weight is 320 g/mol. The van der Waals surface area contributed by atoms with Crippen LogP contribution in [0.3, 0.4) is 0 Å². The number of thioether (sulfide) groups is 1. The summed E-state index contributed by atoms with van der Waals surface area (Å²) < 4.78 is 3.14. The minimum atomic E-state index is 0.524. The van der Waals surface area contributed by atoms with E-state index in [0.717, 1.165) is 28.9 Å². The van der Waals surface area contributed by atoms with Crippen molar-refractivity contribution in [2.45, 2.75) is 32.7 Å². The third-order valence-corrected chi connectivity index (χ3v) is 4.52. The number of hydrogen-bond acceptors (Lipinski definition) is 3. The average Bonchev–Trinajstić information content (AvgIpc) is 2.53. The van der Waals surface area contributed by atoms with E-state index in [1.165, 1.54) is 12.1 Å². The Balaban J connectivity index is 2.70.